The fraction of sp³-hybridized carbons (Fsp3) is 0.243. The Bertz CT molecular complexity index is 6040. The van der Waals surface area contributed by atoms with Crippen LogP contribution >= 0.6 is 107 Å². The van der Waals surface area contributed by atoms with E-state index in [2.05, 4.69) is 59.8 Å². The van der Waals surface area contributed by atoms with Gasteiger partial charge in [-0.3, -0.25) is 56.6 Å². The highest BCUT2D eigenvalue weighted by Crippen LogP contribution is 2.35. The summed E-state index contributed by atoms with van der Waals surface area (Å²) in [5, 5.41) is 77.6. The van der Waals surface area contributed by atoms with Crippen LogP contribution in [0.4, 0.5) is 58.7 Å². The molecule has 0 unspecified atom stereocenters. The summed E-state index contributed by atoms with van der Waals surface area (Å²) in [7, 11) is 12.5. The van der Waals surface area contributed by atoms with Gasteiger partial charge in [0.25, 0.3) is 22.2 Å². The zero-order valence-electron chi connectivity index (χ0n) is 60.8. The molecule has 0 aliphatic carbocycles. The summed E-state index contributed by atoms with van der Waals surface area (Å²) in [6, 6.07) is 23.2. The first kappa shape index (κ1) is 87.8. The average molecular weight is 2000 g/mol. The molecule has 11 N–H and O–H groups in total. The van der Waals surface area contributed by atoms with Crippen LogP contribution in [0.25, 0.3) is 44.1 Å². The first-order valence-corrected chi connectivity index (χ1v) is 38.1. The van der Waals surface area contributed by atoms with Crippen molar-refractivity contribution in [3.63, 3.8) is 0 Å². The predicted molar refractivity (Wildman–Crippen MR) is 454 cm³/mol. The molecule has 598 valence electrons. The van der Waals surface area contributed by atoms with Crippen LogP contribution in [0.3, 0.4) is 0 Å². The Morgan fingerprint density at radius 3 is 1.12 bits per heavy atom. The molecule has 39 heteroatoms. The molecule has 0 saturated heterocycles. The highest BCUT2D eigenvalue weighted by atomic mass is 127. The van der Waals surface area contributed by atoms with Gasteiger partial charge in [0, 0.05) is 102 Å². The number of hydrogen-bond acceptors (Lipinski definition) is 22. The molecule has 4 aromatic carbocycles. The van der Waals surface area contributed by atoms with Crippen molar-refractivity contribution < 1.29 is 63.1 Å². The third-order valence-electron chi connectivity index (χ3n) is 17.1. The van der Waals surface area contributed by atoms with Gasteiger partial charge in [0.15, 0.2) is 22.7 Å². The zero-order valence-corrected chi connectivity index (χ0v) is 70.3. The second-order valence-electron chi connectivity index (χ2n) is 25.2. The summed E-state index contributed by atoms with van der Waals surface area (Å²) in [6.07, 6.45) is 2.19. The molecule has 0 bridgehead atoms. The average Bonchev–Trinajstić information content (AvgIpc) is 0.757. The quantitative estimate of drug-likeness (QED) is 0.0304. The molecule has 0 aliphatic rings. The fourth-order valence-corrected chi connectivity index (χ4v) is 14.1. The summed E-state index contributed by atoms with van der Waals surface area (Å²) in [6.45, 7) is -2.84. The maximum atomic E-state index is 14.9. The molecule has 0 amide bonds. The van der Waals surface area contributed by atoms with Crippen LogP contribution in [0.2, 0.25) is 10.0 Å². The Morgan fingerprint density at radius 1 is 0.416 bits per heavy atom. The summed E-state index contributed by atoms with van der Waals surface area (Å²) in [5.41, 5.74) is -1.23. The summed E-state index contributed by atoms with van der Waals surface area (Å²) in [5.74, 6) is -2.70. The van der Waals surface area contributed by atoms with Crippen LogP contribution < -0.4 is 79.4 Å². The van der Waals surface area contributed by atoms with Gasteiger partial charge in [-0.15, -0.1) is 0 Å². The number of aliphatic hydroxyl groups is 7. The molecule has 12 aromatic rings. The lowest BCUT2D eigenvalue weighted by Gasteiger charge is -2.18. The maximum Gasteiger partial charge on any atom is 0.290 e. The molecule has 0 spiro atoms. The molecular formula is C74H71BrCl2F3I3N12O18. The monoisotopic (exact) mass is 2000 g/mol. The van der Waals surface area contributed by atoms with E-state index in [4.69, 9.17) is 52.7 Å². The van der Waals surface area contributed by atoms with Gasteiger partial charge >= 0.3 is 0 Å². The van der Waals surface area contributed by atoms with Crippen LogP contribution in [0.1, 0.15) is 5.56 Å². The van der Waals surface area contributed by atoms with Gasteiger partial charge in [-0.05, 0) is 141 Å². The molecule has 113 heavy (non-hydrogen) atoms. The van der Waals surface area contributed by atoms with Crippen molar-refractivity contribution in [2.45, 2.75) is 24.9 Å². The molecule has 3 atom stereocenters. The number of benzene rings is 4. The van der Waals surface area contributed by atoms with Crippen LogP contribution in [0, 0.1) is 28.2 Å². The first-order valence-electron chi connectivity index (χ1n) is 33.3. The number of hydrogen-bond donors (Lipinski definition) is 11. The van der Waals surface area contributed by atoms with E-state index in [1.807, 2.05) is 51.2 Å². The van der Waals surface area contributed by atoms with E-state index in [1.54, 1.807) is 105 Å². The number of halogens is 9. The van der Waals surface area contributed by atoms with Crippen LogP contribution in [0.5, 0.6) is 17.2 Å². The maximum absolute atomic E-state index is 14.9. The SMILES string of the molecule is Cn1cc(CO)c(=O)c2c(Nc3ccc(I)cc3F)cc(=O)n(C)c21.Cn1cc(OC[C@H](O)CO)c(=O)c2c(Nc3ccc(Br)cc3Cl)cc(=O)n(C)c21.Cn1cc(OC[C@H](O)CO)c(=O)c2c(Nc3ccc(I)cc3Cl)cc(=O)n(C)c21.Cn1cc(OC[C@H](O)CO)c(=O)c2c(Nc3ccc(I)cc3F)c(F)c(=O)n(C)c21. The number of aromatic nitrogens is 8. The highest BCUT2D eigenvalue weighted by Gasteiger charge is 2.26. The second kappa shape index (κ2) is 37.9. The van der Waals surface area contributed by atoms with Crippen molar-refractivity contribution in [1.29, 1.82) is 0 Å². The third-order valence-corrected chi connectivity index (χ3v) is 20.2. The molecule has 0 aliphatic heterocycles. The van der Waals surface area contributed by atoms with Gasteiger partial charge in [-0.25, -0.2) is 8.78 Å². The predicted octanol–water partition coefficient (Wildman–Crippen LogP) is 7.91. The second-order valence-corrected chi connectivity index (χ2v) is 30.7. The Kier molecular flexibility index (Phi) is 29.5. The standard InChI is InChI=1S/C19H19BrClN3O5.C19H19ClIN3O5.C19H18F2IN3O5.C17H15FIN3O3/c1-23-7-15(29-9-11(26)8-25)18(28)17-14(6-16(27)24(2)19(17)23)22-13-4-3-10(20)5-12(13)21;1-23-7-15(29-9-11(26)8-25)18(28)17-14(6-16(27)24(2)19(17)23)22-13-4-3-10(21)5-12(13)20;1-24-6-13(30-8-10(27)7-26)17(28)14-16(15(21)19(29)25(2)18(14)24)23-12-4-3-9(22)5-11(12)20;1-21-7-9(8-23)16(25)15-13(6-14(24)22(2)17(15)21)20-12-4-3-10(19)5-11(12)18/h2*3-7,11,22,25-26H,8-9H2,1-2H3;3-6,10,23,26-27H,7-8H2,1-2H3;3-7,20,23H,8H2,1-2H3/t2*11-;10-;/m111./s1. The van der Waals surface area contributed by atoms with Gasteiger partial charge < -0.3 is 89.5 Å². The van der Waals surface area contributed by atoms with E-state index >= 15 is 0 Å². The largest absolute Gasteiger partial charge is 0.485 e. The normalized spacial score (nSPS) is 12.0. The van der Waals surface area contributed by atoms with Gasteiger partial charge in [-0.1, -0.05) is 39.1 Å². The Labute approximate surface area is 696 Å². The van der Waals surface area contributed by atoms with E-state index < -0.39 is 95.2 Å². The molecule has 0 radical (unpaired) electrons. The van der Waals surface area contributed by atoms with E-state index in [0.29, 0.717) is 47.6 Å². The molecule has 12 rings (SSSR count). The van der Waals surface area contributed by atoms with E-state index in [0.717, 1.165) is 16.2 Å². The van der Waals surface area contributed by atoms with Gasteiger partial charge in [-0.2, -0.15) is 4.39 Å². The Balaban J connectivity index is 0.000000173. The molecule has 0 saturated carbocycles. The molecule has 8 aromatic heterocycles. The number of anilines is 8. The van der Waals surface area contributed by atoms with Crippen molar-refractivity contribution in [3.05, 3.63) is 246 Å². The first-order chi connectivity index (χ1) is 53.4. The Hall–Kier alpha value is -9.12. The van der Waals surface area contributed by atoms with Gasteiger partial charge in [0.1, 0.15) is 72.4 Å². The number of aryl methyl sites for hydroxylation is 8. The summed E-state index contributed by atoms with van der Waals surface area (Å²) >= 11 is 21.9. The van der Waals surface area contributed by atoms with E-state index in [1.165, 1.54) is 93.5 Å². The van der Waals surface area contributed by atoms with Crippen molar-refractivity contribution >= 4 is 197 Å². The fourth-order valence-electron chi connectivity index (χ4n) is 11.6. The molecule has 8 heterocycles. The minimum atomic E-state index is -1.26. The minimum Gasteiger partial charge on any atom is -0.485 e. The number of pyridine rings is 8. The van der Waals surface area contributed by atoms with Gasteiger partial charge in [0.2, 0.25) is 22.1 Å². The number of ether oxygens (including phenoxy) is 3. The van der Waals surface area contributed by atoms with Crippen molar-refractivity contribution in [2.24, 2.45) is 56.4 Å². The van der Waals surface area contributed by atoms with Crippen LogP contribution in [0.15, 0.2) is 159 Å². The van der Waals surface area contributed by atoms with Gasteiger partial charge in [0.05, 0.1) is 122 Å². The van der Waals surface area contributed by atoms with Crippen molar-refractivity contribution in [2.75, 3.05) is 60.9 Å². The smallest absolute Gasteiger partial charge is 0.290 e. The summed E-state index contributed by atoms with van der Waals surface area (Å²) < 4.78 is 73.8. The van der Waals surface area contributed by atoms with Crippen LogP contribution in [-0.2, 0) is 63.0 Å². The zero-order chi connectivity index (χ0) is 83.0. The molecule has 30 nitrogen and oxygen atoms in total. The summed E-state index contributed by atoms with van der Waals surface area (Å²) in [4.78, 5) is 102. The molecule has 0 fully saturated rings. The topological polar surface area (TPSA) is 393 Å². The number of nitrogens with one attached hydrogen (secondary N) is 4. The number of nitrogens with zero attached hydrogens (tertiary/aromatic N) is 8. The van der Waals surface area contributed by atoms with Crippen LogP contribution in [-0.4, -0.2) is 130 Å². The minimum absolute atomic E-state index is 0.0112. The number of rotatable bonds is 21. The third kappa shape index (κ3) is 19.8. The number of aliphatic hydroxyl groups excluding tert-OH is 7. The Morgan fingerprint density at radius 2 is 0.743 bits per heavy atom. The lowest BCUT2D eigenvalue weighted by Crippen LogP contribution is -2.28. The lowest BCUT2D eigenvalue weighted by molar-refractivity contribution is 0.0531. The van der Waals surface area contributed by atoms with E-state index in [-0.39, 0.29) is 109 Å². The highest BCUT2D eigenvalue weighted by molar-refractivity contribution is 14.1. The molecular weight excluding hydrogens is 1930 g/mol. The van der Waals surface area contributed by atoms with Crippen molar-refractivity contribution in [1.82, 2.24) is 36.5 Å². The number of fused-ring (bicyclic) bond motifs is 4. The van der Waals surface area contributed by atoms with Crippen molar-refractivity contribution in [3.8, 4) is 17.2 Å². The van der Waals surface area contributed by atoms with E-state index in [9.17, 15) is 72.0 Å². The lowest BCUT2D eigenvalue weighted by atomic mass is 10.1.